The molecule has 1 aliphatic rings. The van der Waals surface area contributed by atoms with Gasteiger partial charge in [0.2, 0.25) is 0 Å². The maximum absolute atomic E-state index is 11.9. The van der Waals surface area contributed by atoms with Gasteiger partial charge in [0.15, 0.2) is 0 Å². The number of hydrogen-bond acceptors (Lipinski definition) is 4. The third-order valence-electron chi connectivity index (χ3n) is 3.75. The number of nitrogens with one attached hydrogen (secondary N) is 1. The number of esters is 1. The van der Waals surface area contributed by atoms with Crippen LogP contribution in [0.5, 0.6) is 0 Å². The molecule has 0 amide bonds. The van der Waals surface area contributed by atoms with E-state index in [2.05, 4.69) is 26.1 Å². The molecule has 0 bridgehead atoms. The lowest BCUT2D eigenvalue weighted by molar-refractivity contribution is -0.145. The van der Waals surface area contributed by atoms with E-state index in [0.717, 1.165) is 23.3 Å². The highest BCUT2D eigenvalue weighted by molar-refractivity contribution is 7.99. The Labute approximate surface area is 128 Å². The molecule has 3 nitrogen and oxygen atoms in total. The molecule has 1 rings (SSSR count). The summed E-state index contributed by atoms with van der Waals surface area (Å²) in [5.74, 6) is 1.82. The van der Waals surface area contributed by atoms with Crippen molar-refractivity contribution in [2.75, 3.05) is 12.4 Å². The minimum Gasteiger partial charge on any atom is -0.465 e. The minimum absolute atomic E-state index is 0.0983. The molecule has 3 unspecified atom stereocenters. The van der Waals surface area contributed by atoms with Crippen LogP contribution in [-0.4, -0.2) is 35.7 Å². The first-order valence-corrected chi connectivity index (χ1v) is 9.12. The van der Waals surface area contributed by atoms with Gasteiger partial charge in [-0.1, -0.05) is 33.6 Å². The van der Waals surface area contributed by atoms with Crippen LogP contribution in [0.3, 0.4) is 0 Å². The Morgan fingerprint density at radius 3 is 2.75 bits per heavy atom. The summed E-state index contributed by atoms with van der Waals surface area (Å²) in [6.07, 6.45) is 6.30. The summed E-state index contributed by atoms with van der Waals surface area (Å²) in [4.78, 5) is 11.9. The number of thioether (sulfide) groups is 1. The van der Waals surface area contributed by atoms with E-state index in [0.29, 0.717) is 12.6 Å². The summed E-state index contributed by atoms with van der Waals surface area (Å²) in [5.41, 5.74) is 0. The van der Waals surface area contributed by atoms with Gasteiger partial charge in [-0.3, -0.25) is 4.79 Å². The zero-order chi connectivity index (χ0) is 15.0. The summed E-state index contributed by atoms with van der Waals surface area (Å²) in [7, 11) is 0. The van der Waals surface area contributed by atoms with Crippen molar-refractivity contribution in [3.05, 3.63) is 0 Å². The molecule has 1 N–H and O–H groups in total. The molecule has 0 aromatic rings. The largest absolute Gasteiger partial charge is 0.465 e. The maximum Gasteiger partial charge on any atom is 0.323 e. The molecule has 0 saturated heterocycles. The maximum atomic E-state index is 11.9. The van der Waals surface area contributed by atoms with E-state index in [9.17, 15) is 4.79 Å². The highest BCUT2D eigenvalue weighted by atomic mass is 32.2. The summed E-state index contributed by atoms with van der Waals surface area (Å²) in [6.45, 7) is 8.82. The van der Waals surface area contributed by atoms with E-state index in [1.165, 1.54) is 25.7 Å². The second-order valence-electron chi connectivity index (χ2n) is 6.18. The molecular weight excluding hydrogens is 270 g/mol. The van der Waals surface area contributed by atoms with Crippen molar-refractivity contribution in [1.82, 2.24) is 5.32 Å². The lowest BCUT2D eigenvalue weighted by Crippen LogP contribution is -2.42. The second-order valence-corrected chi connectivity index (χ2v) is 7.59. The Balaban J connectivity index is 2.31. The SMILES string of the molecule is CCOC(=O)C(CCSC1CCCC(C)C1)NC(C)C. The van der Waals surface area contributed by atoms with Gasteiger partial charge in [0, 0.05) is 11.3 Å². The van der Waals surface area contributed by atoms with Crippen LogP contribution in [0.4, 0.5) is 0 Å². The topological polar surface area (TPSA) is 38.3 Å². The van der Waals surface area contributed by atoms with Gasteiger partial charge < -0.3 is 10.1 Å². The summed E-state index contributed by atoms with van der Waals surface area (Å²) >= 11 is 2.04. The second kappa shape index (κ2) is 9.67. The van der Waals surface area contributed by atoms with E-state index >= 15 is 0 Å². The third kappa shape index (κ3) is 6.98. The Morgan fingerprint density at radius 1 is 1.40 bits per heavy atom. The predicted octanol–water partition coefficient (Wildman–Crippen LogP) is 3.62. The number of ether oxygens (including phenoxy) is 1. The number of hydrogen-bond donors (Lipinski definition) is 1. The molecule has 4 heteroatoms. The Morgan fingerprint density at radius 2 is 2.15 bits per heavy atom. The normalized spacial score (nSPS) is 24.6. The van der Waals surface area contributed by atoms with Crippen LogP contribution in [0.1, 0.15) is 59.8 Å². The standard InChI is InChI=1S/C16H31NO2S/c1-5-19-16(18)15(17-12(2)3)9-10-20-14-8-6-7-13(4)11-14/h12-15,17H,5-11H2,1-4H3. The first kappa shape index (κ1) is 17.8. The first-order chi connectivity index (χ1) is 9.52. The Kier molecular flexibility index (Phi) is 8.62. The molecule has 1 saturated carbocycles. The fourth-order valence-electron chi connectivity index (χ4n) is 2.80. The minimum atomic E-state index is -0.150. The summed E-state index contributed by atoms with van der Waals surface area (Å²) < 4.78 is 5.15. The average Bonchev–Trinajstić information content (AvgIpc) is 2.37. The van der Waals surface area contributed by atoms with Crippen LogP contribution in [-0.2, 0) is 9.53 Å². The summed E-state index contributed by atoms with van der Waals surface area (Å²) in [6, 6.07) is 0.160. The molecule has 1 aliphatic carbocycles. The van der Waals surface area contributed by atoms with Gasteiger partial charge in [0.1, 0.15) is 6.04 Å². The zero-order valence-electron chi connectivity index (χ0n) is 13.5. The van der Waals surface area contributed by atoms with Gasteiger partial charge in [0.25, 0.3) is 0 Å². The van der Waals surface area contributed by atoms with Crippen LogP contribution in [0.2, 0.25) is 0 Å². The lowest BCUT2D eigenvalue weighted by Gasteiger charge is -2.27. The molecule has 0 aromatic carbocycles. The molecule has 118 valence electrons. The van der Waals surface area contributed by atoms with Crippen molar-refractivity contribution < 1.29 is 9.53 Å². The number of carbonyl (C=O) groups is 1. The highest BCUT2D eigenvalue weighted by Crippen LogP contribution is 2.32. The number of carbonyl (C=O) groups excluding carboxylic acids is 1. The van der Waals surface area contributed by atoms with E-state index in [1.54, 1.807) is 0 Å². The fourth-order valence-corrected chi connectivity index (χ4v) is 4.30. The smallest absolute Gasteiger partial charge is 0.323 e. The van der Waals surface area contributed by atoms with Gasteiger partial charge in [-0.2, -0.15) is 11.8 Å². The predicted molar refractivity (Wildman–Crippen MR) is 87.2 cm³/mol. The van der Waals surface area contributed by atoms with E-state index in [4.69, 9.17) is 4.74 Å². The van der Waals surface area contributed by atoms with Gasteiger partial charge in [-0.25, -0.2) is 0 Å². The van der Waals surface area contributed by atoms with Crippen LogP contribution in [0, 0.1) is 5.92 Å². The molecule has 20 heavy (non-hydrogen) atoms. The van der Waals surface area contributed by atoms with E-state index in [-0.39, 0.29) is 12.0 Å². The van der Waals surface area contributed by atoms with E-state index < -0.39 is 0 Å². The van der Waals surface area contributed by atoms with Crippen molar-refractivity contribution in [2.45, 2.75) is 77.1 Å². The molecule has 0 aliphatic heterocycles. The molecule has 0 spiro atoms. The van der Waals surface area contributed by atoms with Gasteiger partial charge in [-0.05, 0) is 37.9 Å². The number of rotatable bonds is 8. The Hall–Kier alpha value is -0.220. The van der Waals surface area contributed by atoms with Crippen LogP contribution in [0.15, 0.2) is 0 Å². The molecular formula is C16H31NO2S. The van der Waals surface area contributed by atoms with Crippen molar-refractivity contribution in [1.29, 1.82) is 0 Å². The third-order valence-corrected chi connectivity index (χ3v) is 5.12. The van der Waals surface area contributed by atoms with Gasteiger partial charge >= 0.3 is 5.97 Å². The Bertz CT molecular complexity index is 284. The highest BCUT2D eigenvalue weighted by Gasteiger charge is 2.22. The van der Waals surface area contributed by atoms with Crippen molar-refractivity contribution in [3.63, 3.8) is 0 Å². The van der Waals surface area contributed by atoms with Crippen molar-refractivity contribution in [3.8, 4) is 0 Å². The zero-order valence-corrected chi connectivity index (χ0v) is 14.3. The fraction of sp³-hybridized carbons (Fsp3) is 0.938. The van der Waals surface area contributed by atoms with Crippen LogP contribution >= 0.6 is 11.8 Å². The molecule has 1 fully saturated rings. The van der Waals surface area contributed by atoms with Crippen LogP contribution in [0.25, 0.3) is 0 Å². The molecule has 0 aromatic heterocycles. The molecule has 0 heterocycles. The van der Waals surface area contributed by atoms with Crippen molar-refractivity contribution >= 4 is 17.7 Å². The average molecular weight is 301 g/mol. The molecule has 0 radical (unpaired) electrons. The lowest BCUT2D eigenvalue weighted by atomic mass is 9.91. The quantitative estimate of drug-likeness (QED) is 0.695. The monoisotopic (exact) mass is 301 g/mol. The van der Waals surface area contributed by atoms with Crippen molar-refractivity contribution in [2.24, 2.45) is 5.92 Å². The first-order valence-electron chi connectivity index (χ1n) is 8.07. The summed E-state index contributed by atoms with van der Waals surface area (Å²) in [5, 5.41) is 4.12. The molecule has 3 atom stereocenters. The van der Waals surface area contributed by atoms with E-state index in [1.807, 2.05) is 18.7 Å². The van der Waals surface area contributed by atoms with Gasteiger partial charge in [0.05, 0.1) is 6.61 Å². The van der Waals surface area contributed by atoms with Crippen LogP contribution < -0.4 is 5.32 Å². The van der Waals surface area contributed by atoms with Gasteiger partial charge in [-0.15, -0.1) is 0 Å².